The lowest BCUT2D eigenvalue weighted by Crippen LogP contribution is -2.38. The van der Waals surface area contributed by atoms with E-state index in [9.17, 15) is 4.79 Å². The van der Waals surface area contributed by atoms with Crippen molar-refractivity contribution in [3.63, 3.8) is 0 Å². The molecule has 0 bridgehead atoms. The van der Waals surface area contributed by atoms with Crippen molar-refractivity contribution in [3.8, 4) is 17.2 Å². The van der Waals surface area contributed by atoms with Gasteiger partial charge in [0.05, 0.1) is 44.4 Å². The maximum Gasteiger partial charge on any atom is 0.257 e. The van der Waals surface area contributed by atoms with Gasteiger partial charge in [0.15, 0.2) is 16.6 Å². The molecule has 2 aromatic rings. The SMILES string of the molecule is CCOc1cc(C(=O)NC(=S)Nc2ccccc2N2CCOCC2)cc(OCC)c1OCC. The fourth-order valence-electron chi connectivity index (χ4n) is 3.51. The molecule has 33 heavy (non-hydrogen) atoms. The van der Waals surface area contributed by atoms with Crippen molar-refractivity contribution in [1.82, 2.24) is 5.32 Å². The molecule has 2 aromatic carbocycles. The minimum Gasteiger partial charge on any atom is -0.490 e. The van der Waals surface area contributed by atoms with Crippen molar-refractivity contribution in [3.05, 3.63) is 42.0 Å². The van der Waals surface area contributed by atoms with Gasteiger partial charge < -0.3 is 29.2 Å². The summed E-state index contributed by atoms with van der Waals surface area (Å²) in [7, 11) is 0. The molecule has 1 fully saturated rings. The average molecular weight is 474 g/mol. The molecule has 0 aliphatic carbocycles. The highest BCUT2D eigenvalue weighted by Gasteiger charge is 2.20. The number of carbonyl (C=O) groups excluding carboxylic acids is 1. The van der Waals surface area contributed by atoms with Crippen LogP contribution in [0, 0.1) is 0 Å². The lowest BCUT2D eigenvalue weighted by molar-refractivity contribution is 0.0976. The molecule has 0 saturated carbocycles. The summed E-state index contributed by atoms with van der Waals surface area (Å²) >= 11 is 5.44. The average Bonchev–Trinajstić information content (AvgIpc) is 2.82. The lowest BCUT2D eigenvalue weighted by atomic mass is 10.1. The van der Waals surface area contributed by atoms with E-state index in [0.29, 0.717) is 55.8 Å². The first-order valence-electron chi connectivity index (χ1n) is 11.2. The third-order valence-electron chi connectivity index (χ3n) is 4.90. The lowest BCUT2D eigenvalue weighted by Gasteiger charge is -2.30. The molecule has 0 spiro atoms. The van der Waals surface area contributed by atoms with E-state index in [2.05, 4.69) is 15.5 Å². The fraction of sp³-hybridized carbons (Fsp3) is 0.417. The minimum atomic E-state index is -0.374. The molecule has 1 aliphatic heterocycles. The first-order chi connectivity index (χ1) is 16.1. The number of hydrogen-bond acceptors (Lipinski definition) is 7. The number of morpholine rings is 1. The Morgan fingerprint density at radius 1 is 1.00 bits per heavy atom. The van der Waals surface area contributed by atoms with Crippen LogP contribution in [0.4, 0.5) is 11.4 Å². The molecule has 0 unspecified atom stereocenters. The van der Waals surface area contributed by atoms with Crippen LogP contribution >= 0.6 is 12.2 Å². The normalized spacial score (nSPS) is 13.2. The van der Waals surface area contributed by atoms with Crippen molar-refractivity contribution in [2.24, 2.45) is 0 Å². The summed E-state index contributed by atoms with van der Waals surface area (Å²) in [6.07, 6.45) is 0. The van der Waals surface area contributed by atoms with Crippen LogP contribution in [0.3, 0.4) is 0 Å². The van der Waals surface area contributed by atoms with Gasteiger partial charge in [-0.15, -0.1) is 0 Å². The van der Waals surface area contributed by atoms with Gasteiger partial charge in [0.1, 0.15) is 0 Å². The molecular weight excluding hydrogens is 442 g/mol. The van der Waals surface area contributed by atoms with E-state index in [0.717, 1.165) is 24.5 Å². The number of hydrogen-bond donors (Lipinski definition) is 2. The van der Waals surface area contributed by atoms with Crippen molar-refractivity contribution < 1.29 is 23.7 Å². The largest absolute Gasteiger partial charge is 0.490 e. The van der Waals surface area contributed by atoms with Crippen LogP contribution in [-0.2, 0) is 4.74 Å². The molecule has 8 nitrogen and oxygen atoms in total. The van der Waals surface area contributed by atoms with E-state index in [1.807, 2.05) is 45.0 Å². The second kappa shape index (κ2) is 12.3. The van der Waals surface area contributed by atoms with Crippen LogP contribution < -0.4 is 29.7 Å². The number of amides is 1. The number of benzene rings is 2. The standard InChI is InChI=1S/C24H31N3O5S/c1-4-30-20-15-17(16-21(31-5-2)22(20)32-6-3)23(28)26-24(33)25-18-9-7-8-10-19(18)27-11-13-29-14-12-27/h7-10,15-16H,4-6,11-14H2,1-3H3,(H2,25,26,28,33). The number of nitrogens with one attached hydrogen (secondary N) is 2. The molecule has 1 saturated heterocycles. The topological polar surface area (TPSA) is 81.3 Å². The first kappa shape index (κ1) is 24.6. The smallest absolute Gasteiger partial charge is 0.257 e. The predicted molar refractivity (Wildman–Crippen MR) is 133 cm³/mol. The van der Waals surface area contributed by atoms with Crippen molar-refractivity contribution in [2.45, 2.75) is 20.8 Å². The fourth-order valence-corrected chi connectivity index (χ4v) is 3.71. The number of rotatable bonds is 9. The summed E-state index contributed by atoms with van der Waals surface area (Å²) < 4.78 is 22.6. The zero-order valence-corrected chi connectivity index (χ0v) is 20.1. The molecule has 2 N–H and O–H groups in total. The molecule has 0 aromatic heterocycles. The second-order valence-electron chi connectivity index (χ2n) is 7.13. The van der Waals surface area contributed by atoms with Crippen molar-refractivity contribution >= 4 is 34.6 Å². The number of ether oxygens (including phenoxy) is 4. The Bertz CT molecular complexity index is 936. The minimum absolute atomic E-state index is 0.200. The Labute approximate surface area is 200 Å². The molecule has 1 heterocycles. The Hall–Kier alpha value is -3.04. The number of thiocarbonyl (C=S) groups is 1. The molecular formula is C24H31N3O5S. The number of anilines is 2. The summed E-state index contributed by atoms with van der Waals surface area (Å²) in [6.45, 7) is 9.86. The van der Waals surface area contributed by atoms with Gasteiger partial charge in [-0.25, -0.2) is 0 Å². The van der Waals surface area contributed by atoms with Gasteiger partial charge in [-0.2, -0.15) is 0 Å². The number of para-hydroxylation sites is 2. The highest BCUT2D eigenvalue weighted by molar-refractivity contribution is 7.80. The Morgan fingerprint density at radius 2 is 1.61 bits per heavy atom. The highest BCUT2D eigenvalue weighted by atomic mass is 32.1. The van der Waals surface area contributed by atoms with Crippen LogP contribution in [0.25, 0.3) is 0 Å². The molecule has 0 radical (unpaired) electrons. The third kappa shape index (κ3) is 6.49. The number of nitrogens with zero attached hydrogens (tertiary/aromatic N) is 1. The predicted octanol–water partition coefficient (Wildman–Crippen LogP) is 3.85. The Balaban J connectivity index is 1.76. The zero-order valence-electron chi connectivity index (χ0n) is 19.3. The Morgan fingerprint density at radius 3 is 2.21 bits per heavy atom. The van der Waals surface area contributed by atoms with E-state index in [1.54, 1.807) is 12.1 Å². The molecule has 0 atom stereocenters. The van der Waals surface area contributed by atoms with Crippen LogP contribution in [-0.4, -0.2) is 57.1 Å². The summed E-state index contributed by atoms with van der Waals surface area (Å²) in [4.78, 5) is 15.2. The maximum absolute atomic E-state index is 13.0. The monoisotopic (exact) mass is 473 g/mol. The van der Waals surface area contributed by atoms with E-state index in [-0.39, 0.29) is 11.0 Å². The molecule has 9 heteroatoms. The van der Waals surface area contributed by atoms with E-state index in [1.165, 1.54) is 0 Å². The van der Waals surface area contributed by atoms with Gasteiger partial charge in [-0.05, 0) is 57.3 Å². The molecule has 3 rings (SSSR count). The summed E-state index contributed by atoms with van der Waals surface area (Å²) in [5.74, 6) is 1.01. The van der Waals surface area contributed by atoms with Gasteiger partial charge in [0, 0.05) is 18.7 Å². The maximum atomic E-state index is 13.0. The van der Waals surface area contributed by atoms with Gasteiger partial charge in [0.25, 0.3) is 5.91 Å². The van der Waals surface area contributed by atoms with Gasteiger partial charge >= 0.3 is 0 Å². The van der Waals surface area contributed by atoms with E-state index >= 15 is 0 Å². The van der Waals surface area contributed by atoms with Crippen molar-refractivity contribution in [2.75, 3.05) is 56.3 Å². The highest BCUT2D eigenvalue weighted by Crippen LogP contribution is 2.39. The van der Waals surface area contributed by atoms with E-state index in [4.69, 9.17) is 31.2 Å². The third-order valence-corrected chi connectivity index (χ3v) is 5.11. The molecule has 178 valence electrons. The van der Waals surface area contributed by atoms with E-state index < -0.39 is 0 Å². The van der Waals surface area contributed by atoms with Gasteiger partial charge in [-0.1, -0.05) is 12.1 Å². The van der Waals surface area contributed by atoms with Crippen LogP contribution in [0.5, 0.6) is 17.2 Å². The van der Waals surface area contributed by atoms with Crippen LogP contribution in [0.1, 0.15) is 31.1 Å². The van der Waals surface area contributed by atoms with Crippen LogP contribution in [0.2, 0.25) is 0 Å². The van der Waals surface area contributed by atoms with Gasteiger partial charge in [0.2, 0.25) is 5.75 Å². The first-order valence-corrected chi connectivity index (χ1v) is 11.6. The summed E-state index contributed by atoms with van der Waals surface area (Å²) in [6, 6.07) is 11.1. The molecule has 1 aliphatic rings. The van der Waals surface area contributed by atoms with Crippen LogP contribution in [0.15, 0.2) is 36.4 Å². The quantitative estimate of drug-likeness (QED) is 0.532. The number of carbonyl (C=O) groups is 1. The van der Waals surface area contributed by atoms with Gasteiger partial charge in [-0.3, -0.25) is 10.1 Å². The zero-order chi connectivity index (χ0) is 23.6. The summed E-state index contributed by atoms with van der Waals surface area (Å²) in [5.41, 5.74) is 2.19. The summed E-state index contributed by atoms with van der Waals surface area (Å²) in [5, 5.41) is 6.10. The molecule has 1 amide bonds. The Kier molecular flexibility index (Phi) is 9.14. The second-order valence-corrected chi connectivity index (χ2v) is 7.53. The van der Waals surface area contributed by atoms with Crippen molar-refractivity contribution in [1.29, 1.82) is 0 Å².